The first kappa shape index (κ1) is 14.3. The molecule has 3 N–H and O–H groups in total. The monoisotopic (exact) mass is 255 g/mol. The van der Waals surface area contributed by atoms with Crippen molar-refractivity contribution in [3.8, 4) is 0 Å². The van der Waals surface area contributed by atoms with Gasteiger partial charge < -0.3 is 15.6 Å². The van der Waals surface area contributed by atoms with Crippen LogP contribution in [0.2, 0.25) is 0 Å². The number of ether oxygens (including phenoxy) is 1. The molecule has 4 atom stereocenters. The van der Waals surface area contributed by atoms with E-state index in [0.29, 0.717) is 17.3 Å². The van der Waals surface area contributed by atoms with E-state index in [2.05, 4.69) is 20.8 Å². The zero-order valence-corrected chi connectivity index (χ0v) is 12.1. The van der Waals surface area contributed by atoms with Crippen LogP contribution in [0.25, 0.3) is 0 Å². The Hall–Kier alpha value is -0.120. The van der Waals surface area contributed by atoms with E-state index in [4.69, 9.17) is 10.5 Å². The third-order valence-electron chi connectivity index (χ3n) is 4.49. The first-order valence-electron chi connectivity index (χ1n) is 7.43. The van der Waals surface area contributed by atoms with Gasteiger partial charge in [0.2, 0.25) is 0 Å². The molecule has 0 bridgehead atoms. The van der Waals surface area contributed by atoms with Gasteiger partial charge in [-0.15, -0.1) is 0 Å². The number of nitrogens with two attached hydrogens (primary N) is 1. The predicted octanol–water partition coefficient (Wildman–Crippen LogP) is 2.32. The summed E-state index contributed by atoms with van der Waals surface area (Å²) in [4.78, 5) is 0. The molecule has 4 unspecified atom stereocenters. The molecule has 2 aliphatic carbocycles. The minimum Gasteiger partial charge on any atom is -0.394 e. The average Bonchev–Trinajstić information content (AvgIpc) is 3.05. The first-order valence-corrected chi connectivity index (χ1v) is 7.43. The molecule has 0 aromatic carbocycles. The van der Waals surface area contributed by atoms with Crippen molar-refractivity contribution in [3.63, 3.8) is 0 Å². The highest BCUT2D eigenvalue weighted by Crippen LogP contribution is 2.41. The van der Waals surface area contributed by atoms with Gasteiger partial charge in [-0.25, -0.2) is 0 Å². The molecule has 0 heterocycles. The summed E-state index contributed by atoms with van der Waals surface area (Å²) in [5, 5.41) is 9.49. The van der Waals surface area contributed by atoms with E-state index >= 15 is 0 Å². The van der Waals surface area contributed by atoms with Crippen LogP contribution in [0.15, 0.2) is 0 Å². The Labute approximate surface area is 111 Å². The van der Waals surface area contributed by atoms with Gasteiger partial charge in [-0.1, -0.05) is 20.8 Å². The maximum absolute atomic E-state index is 9.49. The second-order valence-corrected chi connectivity index (χ2v) is 7.31. The Morgan fingerprint density at radius 3 is 2.50 bits per heavy atom. The van der Waals surface area contributed by atoms with Crippen molar-refractivity contribution < 1.29 is 9.84 Å². The van der Waals surface area contributed by atoms with Gasteiger partial charge in [0.05, 0.1) is 18.8 Å². The fourth-order valence-corrected chi connectivity index (χ4v) is 3.65. The lowest BCUT2D eigenvalue weighted by atomic mass is 9.71. The van der Waals surface area contributed by atoms with Crippen molar-refractivity contribution in [1.82, 2.24) is 0 Å². The number of aliphatic hydroxyl groups is 1. The topological polar surface area (TPSA) is 55.5 Å². The van der Waals surface area contributed by atoms with Gasteiger partial charge in [0.25, 0.3) is 0 Å². The maximum atomic E-state index is 9.49. The molecule has 0 aromatic rings. The summed E-state index contributed by atoms with van der Waals surface area (Å²) in [6.45, 7) is 6.98. The second kappa shape index (κ2) is 5.48. The van der Waals surface area contributed by atoms with Crippen LogP contribution in [0, 0.1) is 17.3 Å². The van der Waals surface area contributed by atoms with Crippen molar-refractivity contribution in [1.29, 1.82) is 0 Å². The van der Waals surface area contributed by atoms with Gasteiger partial charge in [-0.2, -0.15) is 0 Å². The SMILES string of the molecule is CC1CC(OC(CO)C(N)C2CC2)CC(C)(C)C1. The van der Waals surface area contributed by atoms with Crippen molar-refractivity contribution >= 4 is 0 Å². The smallest absolute Gasteiger partial charge is 0.0962 e. The molecule has 0 radical (unpaired) electrons. The summed E-state index contributed by atoms with van der Waals surface area (Å²) in [5.41, 5.74) is 6.52. The Morgan fingerprint density at radius 2 is 2.00 bits per heavy atom. The molecule has 3 nitrogen and oxygen atoms in total. The van der Waals surface area contributed by atoms with Crippen LogP contribution in [0.4, 0.5) is 0 Å². The summed E-state index contributed by atoms with van der Waals surface area (Å²) < 4.78 is 6.13. The van der Waals surface area contributed by atoms with E-state index in [9.17, 15) is 5.11 Å². The average molecular weight is 255 g/mol. The molecule has 0 saturated heterocycles. The summed E-state index contributed by atoms with van der Waals surface area (Å²) in [5.74, 6) is 1.28. The Kier molecular flexibility index (Phi) is 4.35. The number of rotatable bonds is 5. The molecule has 106 valence electrons. The van der Waals surface area contributed by atoms with Gasteiger partial charge in [0.15, 0.2) is 0 Å². The molecular weight excluding hydrogens is 226 g/mol. The molecule has 2 fully saturated rings. The third kappa shape index (κ3) is 3.69. The number of hydrogen-bond donors (Lipinski definition) is 2. The molecule has 2 rings (SSSR count). The van der Waals surface area contributed by atoms with Crippen LogP contribution in [0.1, 0.15) is 52.9 Å². The zero-order valence-electron chi connectivity index (χ0n) is 12.1. The first-order chi connectivity index (χ1) is 8.41. The minimum absolute atomic E-state index is 0.0235. The van der Waals surface area contributed by atoms with Crippen LogP contribution in [-0.2, 0) is 4.74 Å². The van der Waals surface area contributed by atoms with Gasteiger partial charge >= 0.3 is 0 Å². The van der Waals surface area contributed by atoms with Crippen molar-refractivity contribution in [2.75, 3.05) is 6.61 Å². The highest BCUT2D eigenvalue weighted by molar-refractivity contribution is 4.91. The Morgan fingerprint density at radius 1 is 1.33 bits per heavy atom. The molecule has 2 saturated carbocycles. The van der Waals surface area contributed by atoms with Crippen molar-refractivity contribution in [2.24, 2.45) is 23.0 Å². The van der Waals surface area contributed by atoms with Crippen molar-refractivity contribution in [2.45, 2.75) is 71.1 Å². The summed E-state index contributed by atoms with van der Waals surface area (Å²) in [6, 6.07) is 0.0235. The Bertz CT molecular complexity index is 276. The van der Waals surface area contributed by atoms with Gasteiger partial charge in [0, 0.05) is 6.04 Å². The van der Waals surface area contributed by atoms with Crippen LogP contribution >= 0.6 is 0 Å². The lowest BCUT2D eigenvalue weighted by Crippen LogP contribution is -2.45. The number of aliphatic hydroxyl groups excluding tert-OH is 1. The lowest BCUT2D eigenvalue weighted by Gasteiger charge is -2.40. The van der Waals surface area contributed by atoms with E-state index < -0.39 is 0 Å². The van der Waals surface area contributed by atoms with Crippen LogP contribution in [0.5, 0.6) is 0 Å². The number of hydrogen-bond acceptors (Lipinski definition) is 3. The Balaban J connectivity index is 1.90. The van der Waals surface area contributed by atoms with Crippen molar-refractivity contribution in [3.05, 3.63) is 0 Å². The van der Waals surface area contributed by atoms with Crippen LogP contribution in [0.3, 0.4) is 0 Å². The molecule has 0 spiro atoms. The third-order valence-corrected chi connectivity index (χ3v) is 4.49. The molecule has 2 aliphatic rings. The van der Waals surface area contributed by atoms with E-state index in [1.54, 1.807) is 0 Å². The van der Waals surface area contributed by atoms with E-state index in [0.717, 1.165) is 12.8 Å². The normalized spacial score (nSPS) is 35.2. The van der Waals surface area contributed by atoms with E-state index in [1.165, 1.54) is 19.3 Å². The molecule has 0 aromatic heterocycles. The lowest BCUT2D eigenvalue weighted by molar-refractivity contribution is -0.0923. The maximum Gasteiger partial charge on any atom is 0.0962 e. The van der Waals surface area contributed by atoms with Gasteiger partial charge in [-0.05, 0) is 49.4 Å². The van der Waals surface area contributed by atoms with Crippen LogP contribution in [-0.4, -0.2) is 30.0 Å². The summed E-state index contributed by atoms with van der Waals surface area (Å²) in [7, 11) is 0. The highest BCUT2D eigenvalue weighted by atomic mass is 16.5. The molecular formula is C15H29NO2. The molecule has 0 amide bonds. The second-order valence-electron chi connectivity index (χ2n) is 7.31. The summed E-state index contributed by atoms with van der Waals surface area (Å²) in [6.07, 6.45) is 5.98. The zero-order chi connectivity index (χ0) is 13.3. The minimum atomic E-state index is -0.163. The largest absolute Gasteiger partial charge is 0.394 e. The van der Waals surface area contributed by atoms with E-state index in [1.807, 2.05) is 0 Å². The molecule has 0 aliphatic heterocycles. The standard InChI is InChI=1S/C15H29NO2/c1-10-6-12(8-15(2,3)7-10)18-13(9-17)14(16)11-4-5-11/h10-14,17H,4-9,16H2,1-3H3. The fraction of sp³-hybridized carbons (Fsp3) is 1.00. The fourth-order valence-electron chi connectivity index (χ4n) is 3.65. The van der Waals surface area contributed by atoms with Gasteiger partial charge in [-0.3, -0.25) is 0 Å². The summed E-state index contributed by atoms with van der Waals surface area (Å²) >= 11 is 0. The van der Waals surface area contributed by atoms with Crippen LogP contribution < -0.4 is 5.73 Å². The highest BCUT2D eigenvalue weighted by Gasteiger charge is 2.38. The quantitative estimate of drug-likeness (QED) is 0.792. The van der Waals surface area contributed by atoms with E-state index in [-0.39, 0.29) is 24.9 Å². The predicted molar refractivity (Wildman–Crippen MR) is 73.2 cm³/mol. The van der Waals surface area contributed by atoms with Gasteiger partial charge in [0.1, 0.15) is 0 Å². The molecule has 3 heteroatoms. The molecule has 18 heavy (non-hydrogen) atoms.